The molecule has 3 N–H and O–H groups in total. The van der Waals surface area contributed by atoms with Crippen LogP contribution in [0.1, 0.15) is 47.2 Å². The van der Waals surface area contributed by atoms with Gasteiger partial charge in [0.1, 0.15) is 22.9 Å². The maximum Gasteiger partial charge on any atom is 0.510 e. The molecule has 1 amide bonds. The van der Waals surface area contributed by atoms with Gasteiger partial charge in [-0.2, -0.15) is 0 Å². The van der Waals surface area contributed by atoms with E-state index in [4.69, 9.17) is 14.0 Å². The predicted octanol–water partition coefficient (Wildman–Crippen LogP) is 2.70. The Morgan fingerprint density at radius 2 is 1.95 bits per heavy atom. The monoisotopic (exact) mass is 602 g/mol. The summed E-state index contributed by atoms with van der Waals surface area (Å²) in [7, 11) is -3.41. The lowest BCUT2D eigenvalue weighted by molar-refractivity contribution is -0.0191. The number of nitrogens with zero attached hydrogens (tertiary/aromatic N) is 1. The average Bonchev–Trinajstić information content (AvgIpc) is 2.86. The Balaban J connectivity index is 1.83. The fourth-order valence-corrected chi connectivity index (χ4v) is 5.76. The molecule has 1 aromatic carbocycles. The maximum atomic E-state index is 13.9. The van der Waals surface area contributed by atoms with Gasteiger partial charge in [-0.15, -0.1) is 0 Å². The first kappa shape index (κ1) is 31.9. The summed E-state index contributed by atoms with van der Waals surface area (Å²) >= 11 is 0. The minimum absolute atomic E-state index is 0.0645. The third-order valence-corrected chi connectivity index (χ3v) is 7.90. The largest absolute Gasteiger partial charge is 0.510 e. The Morgan fingerprint density at radius 1 is 1.27 bits per heavy atom. The number of hydrogen-bond acceptors (Lipinski definition) is 10. The first-order valence-corrected chi connectivity index (χ1v) is 13.9. The van der Waals surface area contributed by atoms with Crippen molar-refractivity contribution in [1.29, 1.82) is 0 Å². The zero-order valence-electron chi connectivity index (χ0n) is 22.5. The standard InChI is InChI=1S/C25H29F2N2O11P/c1-13(2)40-24(34)38-12-39-41(35,36)11-25(3)18(37-4)10-29-9-16(20(30)21(31)19(29)22(25)32)23(33)28-8-14-5-6-15(26)7-17(14)27/h5-7,9,13,18,31H,8,10-12H2,1-4H3,(H,28,33)(H,35,36). The maximum absolute atomic E-state index is 13.9. The van der Waals surface area contributed by atoms with Gasteiger partial charge in [-0.25, -0.2) is 13.6 Å². The summed E-state index contributed by atoms with van der Waals surface area (Å²) in [6.07, 6.45) is -2.61. The fourth-order valence-electron chi connectivity index (χ4n) is 4.28. The molecule has 0 radical (unpaired) electrons. The van der Waals surface area contributed by atoms with Crippen molar-refractivity contribution < 1.29 is 56.5 Å². The first-order valence-electron chi connectivity index (χ1n) is 12.2. The second kappa shape index (κ2) is 12.5. The molecule has 0 aliphatic carbocycles. The molecule has 0 fully saturated rings. The number of carbonyl (C=O) groups excluding carboxylic acids is 3. The molecule has 2 heterocycles. The van der Waals surface area contributed by atoms with E-state index in [1.807, 2.05) is 0 Å². The van der Waals surface area contributed by atoms with Crippen molar-refractivity contribution in [1.82, 2.24) is 9.88 Å². The van der Waals surface area contributed by atoms with Crippen LogP contribution in [-0.4, -0.2) is 64.7 Å². The van der Waals surface area contributed by atoms with Crippen LogP contribution in [0.3, 0.4) is 0 Å². The number of pyridine rings is 1. The lowest BCUT2D eigenvalue weighted by Gasteiger charge is -2.41. The van der Waals surface area contributed by atoms with Crippen molar-refractivity contribution in [3.63, 3.8) is 0 Å². The summed E-state index contributed by atoms with van der Waals surface area (Å²) in [6.45, 7) is 2.78. The molecule has 0 saturated heterocycles. The van der Waals surface area contributed by atoms with Gasteiger partial charge < -0.3 is 34.1 Å². The van der Waals surface area contributed by atoms with Gasteiger partial charge in [0, 0.05) is 31.5 Å². The second-order valence-corrected chi connectivity index (χ2v) is 11.6. The molecule has 41 heavy (non-hydrogen) atoms. The van der Waals surface area contributed by atoms with E-state index in [0.29, 0.717) is 6.07 Å². The molecule has 2 aromatic rings. The highest BCUT2D eigenvalue weighted by molar-refractivity contribution is 7.52. The number of benzene rings is 1. The summed E-state index contributed by atoms with van der Waals surface area (Å²) < 4.78 is 60.4. The summed E-state index contributed by atoms with van der Waals surface area (Å²) in [5.41, 5.74) is -4.22. The number of ketones is 1. The van der Waals surface area contributed by atoms with E-state index in [-0.39, 0.29) is 12.1 Å². The number of halogens is 2. The highest BCUT2D eigenvalue weighted by Gasteiger charge is 2.52. The van der Waals surface area contributed by atoms with E-state index in [0.717, 1.165) is 22.9 Å². The zero-order chi connectivity index (χ0) is 30.7. The van der Waals surface area contributed by atoms with E-state index in [9.17, 15) is 42.5 Å². The lowest BCUT2D eigenvalue weighted by Crippen LogP contribution is -2.52. The van der Waals surface area contributed by atoms with Crippen LogP contribution in [0.5, 0.6) is 5.75 Å². The summed E-state index contributed by atoms with van der Waals surface area (Å²) in [5.74, 6) is -4.80. The third kappa shape index (κ3) is 7.17. The number of hydrogen-bond donors (Lipinski definition) is 3. The lowest BCUT2D eigenvalue weighted by atomic mass is 9.77. The summed E-state index contributed by atoms with van der Waals surface area (Å²) in [4.78, 5) is 61.0. The van der Waals surface area contributed by atoms with E-state index in [1.165, 1.54) is 14.0 Å². The molecular weight excluding hydrogens is 573 g/mol. The quantitative estimate of drug-likeness (QED) is 0.207. The van der Waals surface area contributed by atoms with Gasteiger partial charge in [-0.1, -0.05) is 6.07 Å². The fraction of sp³-hybridized carbons (Fsp3) is 0.440. The number of nitrogens with one attached hydrogen (secondary N) is 1. The Bertz CT molecular complexity index is 1460. The summed E-state index contributed by atoms with van der Waals surface area (Å²) in [6, 6.07) is 2.72. The highest BCUT2D eigenvalue weighted by Crippen LogP contribution is 2.51. The van der Waals surface area contributed by atoms with Crippen LogP contribution in [0.25, 0.3) is 0 Å². The molecular formula is C25H29F2N2O11P. The van der Waals surface area contributed by atoms with Crippen molar-refractivity contribution in [3.05, 3.63) is 63.1 Å². The van der Waals surface area contributed by atoms with Gasteiger partial charge in [-0.3, -0.25) is 23.5 Å². The van der Waals surface area contributed by atoms with Crippen molar-refractivity contribution in [3.8, 4) is 5.75 Å². The SMILES string of the molecule is COC1Cn2cc(C(=O)NCc3ccc(F)cc3F)c(=O)c(O)c2C(=O)C1(C)CP(=O)(O)OCOC(=O)OC(C)C. The van der Waals surface area contributed by atoms with E-state index < -0.39 is 96.6 Å². The summed E-state index contributed by atoms with van der Waals surface area (Å²) in [5, 5.41) is 13.0. The molecule has 1 aromatic heterocycles. The third-order valence-electron chi connectivity index (χ3n) is 6.34. The van der Waals surface area contributed by atoms with Crippen molar-refractivity contribution in [2.75, 3.05) is 20.1 Å². The molecule has 16 heteroatoms. The van der Waals surface area contributed by atoms with Crippen LogP contribution >= 0.6 is 7.60 Å². The van der Waals surface area contributed by atoms with Gasteiger partial charge in [0.25, 0.3) is 5.91 Å². The van der Waals surface area contributed by atoms with Gasteiger partial charge >= 0.3 is 13.8 Å². The Morgan fingerprint density at radius 3 is 2.56 bits per heavy atom. The van der Waals surface area contributed by atoms with Gasteiger partial charge in [-0.05, 0) is 26.8 Å². The topological polar surface area (TPSA) is 180 Å². The van der Waals surface area contributed by atoms with Gasteiger partial charge in [0.2, 0.25) is 12.2 Å². The van der Waals surface area contributed by atoms with Crippen LogP contribution in [0.4, 0.5) is 13.6 Å². The Hall–Kier alpha value is -3.65. The van der Waals surface area contributed by atoms with E-state index in [2.05, 4.69) is 10.1 Å². The zero-order valence-corrected chi connectivity index (χ0v) is 23.4. The molecule has 13 nitrogen and oxygen atoms in total. The number of Topliss-reactive ketones (excluding diaryl/α,β-unsaturated/α-hetero) is 1. The number of fused-ring (bicyclic) bond motifs is 1. The number of rotatable bonds is 10. The first-order chi connectivity index (χ1) is 19.1. The predicted molar refractivity (Wildman–Crippen MR) is 136 cm³/mol. The number of aromatic nitrogens is 1. The van der Waals surface area contributed by atoms with Crippen molar-refractivity contribution in [2.45, 2.75) is 46.1 Å². The molecule has 0 saturated carbocycles. The van der Waals surface area contributed by atoms with Crippen LogP contribution in [0, 0.1) is 17.0 Å². The molecule has 3 rings (SSSR count). The molecule has 3 atom stereocenters. The Labute approximate surface area is 232 Å². The van der Waals surface area contributed by atoms with Crippen molar-refractivity contribution in [2.24, 2.45) is 5.41 Å². The molecule has 0 bridgehead atoms. The van der Waals surface area contributed by atoms with Crippen LogP contribution in [-0.2, 0) is 36.4 Å². The Kier molecular flexibility index (Phi) is 9.70. The van der Waals surface area contributed by atoms with Crippen LogP contribution in [0.15, 0.2) is 29.2 Å². The molecule has 1 aliphatic heterocycles. The van der Waals surface area contributed by atoms with Crippen molar-refractivity contribution >= 4 is 25.4 Å². The molecule has 3 unspecified atom stereocenters. The highest BCUT2D eigenvalue weighted by atomic mass is 31.2. The molecule has 0 spiro atoms. The second-order valence-electron chi connectivity index (χ2n) is 9.71. The molecule has 224 valence electrons. The smallest absolute Gasteiger partial charge is 0.503 e. The number of carbonyl (C=O) groups is 3. The van der Waals surface area contributed by atoms with E-state index in [1.54, 1.807) is 13.8 Å². The number of methoxy groups -OCH3 is 1. The number of aromatic hydroxyl groups is 1. The normalized spacial score (nSPS) is 19.8. The number of amides is 1. The minimum atomic E-state index is -4.64. The molecule has 1 aliphatic rings. The number of ether oxygens (including phenoxy) is 3. The van der Waals surface area contributed by atoms with Crippen LogP contribution in [0.2, 0.25) is 0 Å². The minimum Gasteiger partial charge on any atom is -0.503 e. The van der Waals surface area contributed by atoms with E-state index >= 15 is 0 Å². The van der Waals surface area contributed by atoms with Gasteiger partial charge in [0.05, 0.1) is 30.3 Å². The van der Waals surface area contributed by atoms with Crippen LogP contribution < -0.4 is 10.7 Å². The van der Waals surface area contributed by atoms with Gasteiger partial charge in [0.15, 0.2) is 11.5 Å². The average molecular weight is 602 g/mol.